The Morgan fingerprint density at radius 1 is 1.20 bits per heavy atom. The van der Waals surface area contributed by atoms with Crippen molar-refractivity contribution in [3.8, 4) is 11.8 Å². The zero-order chi connectivity index (χ0) is 15.4. The smallest absolute Gasteiger partial charge is 0.355 e. The average molecular weight is 317 g/mol. The molecule has 0 aliphatic carbocycles. The standard InChI is InChI=1S/C11H9F6NOS/c12-10(13,14)9(11(15,16)17)19-6-8-7(2-1-4-18)3-5-20-8/h3,5,9H,4,6,18H2. The number of ether oxygens (including phenoxy) is 1. The molecule has 0 fully saturated rings. The first kappa shape index (κ1) is 16.8. The predicted octanol–water partition coefficient (Wildman–Crippen LogP) is 3.07. The molecule has 0 aliphatic rings. The van der Waals surface area contributed by atoms with Crippen LogP contribution < -0.4 is 5.73 Å². The third-order valence-corrected chi connectivity index (χ3v) is 2.94. The molecule has 0 saturated carbocycles. The molecule has 0 amide bonds. The van der Waals surface area contributed by atoms with Gasteiger partial charge < -0.3 is 10.5 Å². The Bertz CT molecular complexity index is 481. The maximum Gasteiger partial charge on any atom is 0.423 e. The number of hydrogen-bond donors (Lipinski definition) is 1. The second kappa shape index (κ2) is 6.47. The predicted molar refractivity (Wildman–Crippen MR) is 60.9 cm³/mol. The summed E-state index contributed by atoms with van der Waals surface area (Å²) in [6, 6.07) is 1.47. The number of rotatable bonds is 3. The van der Waals surface area contributed by atoms with Crippen molar-refractivity contribution in [3.63, 3.8) is 0 Å². The largest absolute Gasteiger partial charge is 0.423 e. The molecule has 0 atom stereocenters. The highest BCUT2D eigenvalue weighted by molar-refractivity contribution is 7.10. The van der Waals surface area contributed by atoms with E-state index >= 15 is 0 Å². The Hall–Kier alpha value is -1.24. The van der Waals surface area contributed by atoms with Gasteiger partial charge in [-0.2, -0.15) is 26.3 Å². The van der Waals surface area contributed by atoms with Crippen molar-refractivity contribution in [2.24, 2.45) is 5.73 Å². The molecule has 0 spiro atoms. The van der Waals surface area contributed by atoms with Crippen LogP contribution >= 0.6 is 11.3 Å². The van der Waals surface area contributed by atoms with Gasteiger partial charge in [0.05, 0.1) is 13.2 Å². The highest BCUT2D eigenvalue weighted by Crippen LogP contribution is 2.36. The molecule has 1 aromatic heterocycles. The SMILES string of the molecule is NCC#Cc1ccsc1COC(C(F)(F)F)C(F)(F)F. The Morgan fingerprint density at radius 2 is 1.80 bits per heavy atom. The van der Waals surface area contributed by atoms with E-state index < -0.39 is 25.1 Å². The lowest BCUT2D eigenvalue weighted by Crippen LogP contribution is -2.44. The second-order valence-corrected chi connectivity index (χ2v) is 4.54. The van der Waals surface area contributed by atoms with Gasteiger partial charge in [0.2, 0.25) is 6.10 Å². The van der Waals surface area contributed by atoms with Gasteiger partial charge in [0.25, 0.3) is 0 Å². The van der Waals surface area contributed by atoms with E-state index in [0.717, 1.165) is 11.3 Å². The average Bonchev–Trinajstić information content (AvgIpc) is 2.70. The zero-order valence-electron chi connectivity index (χ0n) is 9.81. The van der Waals surface area contributed by atoms with Gasteiger partial charge in [-0.05, 0) is 11.4 Å². The van der Waals surface area contributed by atoms with Crippen molar-refractivity contribution in [2.75, 3.05) is 6.54 Å². The molecule has 2 nitrogen and oxygen atoms in total. The lowest BCUT2D eigenvalue weighted by molar-refractivity contribution is -0.324. The van der Waals surface area contributed by atoms with Gasteiger partial charge in [0.15, 0.2) is 0 Å². The summed E-state index contributed by atoms with van der Waals surface area (Å²) in [6.45, 7) is -0.792. The van der Waals surface area contributed by atoms with E-state index in [-0.39, 0.29) is 11.4 Å². The molecule has 1 heterocycles. The number of thiophene rings is 1. The molecule has 1 aromatic rings. The molecule has 0 radical (unpaired) electrons. The number of alkyl halides is 6. The van der Waals surface area contributed by atoms with Crippen LogP contribution in [0.2, 0.25) is 0 Å². The number of halogens is 6. The van der Waals surface area contributed by atoms with E-state index in [1.165, 1.54) is 11.4 Å². The fourth-order valence-corrected chi connectivity index (χ4v) is 1.99. The van der Waals surface area contributed by atoms with E-state index in [4.69, 9.17) is 5.73 Å². The van der Waals surface area contributed by atoms with E-state index in [9.17, 15) is 26.3 Å². The monoisotopic (exact) mass is 317 g/mol. The van der Waals surface area contributed by atoms with E-state index in [2.05, 4.69) is 16.6 Å². The molecule has 0 saturated heterocycles. The van der Waals surface area contributed by atoms with Crippen molar-refractivity contribution in [2.45, 2.75) is 25.1 Å². The molecule has 9 heteroatoms. The first-order valence-electron chi connectivity index (χ1n) is 5.16. The van der Waals surface area contributed by atoms with Crippen LogP contribution in [0.25, 0.3) is 0 Å². The molecular weight excluding hydrogens is 308 g/mol. The van der Waals surface area contributed by atoms with Gasteiger partial charge in [-0.3, -0.25) is 0 Å². The minimum atomic E-state index is -5.52. The summed E-state index contributed by atoms with van der Waals surface area (Å²) < 4.78 is 77.6. The zero-order valence-corrected chi connectivity index (χ0v) is 10.6. The molecule has 1 rings (SSSR count). The first-order chi connectivity index (χ1) is 9.16. The topological polar surface area (TPSA) is 35.2 Å². The maximum atomic E-state index is 12.3. The Morgan fingerprint density at radius 3 is 2.30 bits per heavy atom. The normalized spacial score (nSPS) is 12.4. The molecule has 112 valence electrons. The summed E-state index contributed by atoms with van der Waals surface area (Å²) in [5.74, 6) is 5.01. The minimum Gasteiger partial charge on any atom is -0.355 e. The highest BCUT2D eigenvalue weighted by atomic mass is 32.1. The van der Waals surface area contributed by atoms with E-state index in [1.807, 2.05) is 0 Å². The summed E-state index contributed by atoms with van der Waals surface area (Å²) >= 11 is 0.960. The Balaban J connectivity index is 2.82. The Kier molecular flexibility index (Phi) is 5.44. The van der Waals surface area contributed by atoms with Crippen LogP contribution in [0, 0.1) is 11.8 Å². The first-order valence-corrected chi connectivity index (χ1v) is 6.04. The molecule has 2 N–H and O–H groups in total. The lowest BCUT2D eigenvalue weighted by Gasteiger charge is -2.22. The van der Waals surface area contributed by atoms with Gasteiger partial charge in [-0.1, -0.05) is 11.8 Å². The van der Waals surface area contributed by atoms with Crippen molar-refractivity contribution in [1.82, 2.24) is 0 Å². The van der Waals surface area contributed by atoms with Crippen LogP contribution in [-0.2, 0) is 11.3 Å². The van der Waals surface area contributed by atoms with Gasteiger partial charge in [0, 0.05) is 10.4 Å². The summed E-state index contributed by atoms with van der Waals surface area (Å²) in [7, 11) is 0. The quantitative estimate of drug-likeness (QED) is 0.687. The summed E-state index contributed by atoms with van der Waals surface area (Å²) in [4.78, 5) is 0.185. The third kappa shape index (κ3) is 4.70. The molecular formula is C11H9F6NOS. The fourth-order valence-electron chi connectivity index (χ4n) is 1.24. The van der Waals surface area contributed by atoms with Crippen LogP contribution in [-0.4, -0.2) is 25.0 Å². The van der Waals surface area contributed by atoms with Gasteiger partial charge >= 0.3 is 12.4 Å². The van der Waals surface area contributed by atoms with Crippen LogP contribution in [0.15, 0.2) is 11.4 Å². The summed E-state index contributed by atoms with van der Waals surface area (Å²) in [5.41, 5.74) is 5.44. The second-order valence-electron chi connectivity index (χ2n) is 3.54. The van der Waals surface area contributed by atoms with Crippen LogP contribution in [0.1, 0.15) is 10.4 Å². The lowest BCUT2D eigenvalue weighted by atomic mass is 10.2. The van der Waals surface area contributed by atoms with E-state index in [1.54, 1.807) is 0 Å². The van der Waals surface area contributed by atoms with Gasteiger partial charge in [-0.25, -0.2) is 0 Å². The molecule has 0 unspecified atom stereocenters. The van der Waals surface area contributed by atoms with Crippen molar-refractivity contribution in [3.05, 3.63) is 21.9 Å². The maximum absolute atomic E-state index is 12.3. The van der Waals surface area contributed by atoms with Crippen molar-refractivity contribution >= 4 is 11.3 Å². The summed E-state index contributed by atoms with van der Waals surface area (Å²) in [6.07, 6.45) is -14.8. The number of hydrogen-bond acceptors (Lipinski definition) is 3. The van der Waals surface area contributed by atoms with Gasteiger partial charge in [0.1, 0.15) is 0 Å². The molecule has 0 aromatic carbocycles. The van der Waals surface area contributed by atoms with Crippen molar-refractivity contribution in [1.29, 1.82) is 0 Å². The van der Waals surface area contributed by atoms with Crippen LogP contribution in [0.4, 0.5) is 26.3 Å². The molecule has 0 aliphatic heterocycles. The van der Waals surface area contributed by atoms with Gasteiger partial charge in [-0.15, -0.1) is 11.3 Å². The molecule has 0 bridgehead atoms. The van der Waals surface area contributed by atoms with E-state index in [0.29, 0.717) is 5.56 Å². The minimum absolute atomic E-state index is 0.0316. The fraction of sp³-hybridized carbons (Fsp3) is 0.455. The van der Waals surface area contributed by atoms with Crippen LogP contribution in [0.3, 0.4) is 0 Å². The molecule has 20 heavy (non-hydrogen) atoms. The third-order valence-electron chi connectivity index (χ3n) is 2.05. The van der Waals surface area contributed by atoms with Crippen LogP contribution in [0.5, 0.6) is 0 Å². The van der Waals surface area contributed by atoms with Crippen molar-refractivity contribution < 1.29 is 31.1 Å². The Labute approximate surface area is 114 Å². The summed E-state index contributed by atoms with van der Waals surface area (Å²) in [5, 5.41) is 1.50. The highest BCUT2D eigenvalue weighted by Gasteiger charge is 2.58. The number of nitrogens with two attached hydrogens (primary N) is 1.